The van der Waals surface area contributed by atoms with Crippen molar-refractivity contribution in [2.45, 2.75) is 80.9 Å². The standard InChI is InChI=1S/C27H41BrN2O6/c1-4-7-9-14-29(13-6-3)25(33)23-27-18-19(28)22(36-27)20(26(34)35-17-12-8-5-2)21(27)24(32)30(23)15-10-11-16-31/h5-6,19-23,31H,2-4,7-18H2,1H3/t19?,20-,21+,22-,23?,27?/m1/s1. The molecule has 2 bridgehead atoms. The molecule has 1 spiro atoms. The highest BCUT2D eigenvalue weighted by atomic mass is 79.9. The van der Waals surface area contributed by atoms with Gasteiger partial charge in [-0.05, 0) is 38.5 Å². The Bertz CT molecular complexity index is 822. The number of carbonyl (C=O) groups excluding carboxylic acids is 3. The molecule has 202 valence electrons. The maximum atomic E-state index is 14.1. The lowest BCUT2D eigenvalue weighted by molar-refractivity contribution is -0.155. The molecular formula is C27H41BrN2O6. The minimum Gasteiger partial charge on any atom is -0.465 e. The summed E-state index contributed by atoms with van der Waals surface area (Å²) in [5, 5.41) is 9.31. The van der Waals surface area contributed by atoms with E-state index >= 15 is 0 Å². The largest absolute Gasteiger partial charge is 0.465 e. The number of hydrogen-bond acceptors (Lipinski definition) is 6. The van der Waals surface area contributed by atoms with Crippen LogP contribution in [0.15, 0.2) is 25.3 Å². The normalized spacial score (nSPS) is 30.4. The summed E-state index contributed by atoms with van der Waals surface area (Å²) in [5.74, 6) is -2.35. The van der Waals surface area contributed by atoms with Crippen LogP contribution in [-0.4, -0.2) is 88.1 Å². The Morgan fingerprint density at radius 1 is 1.25 bits per heavy atom. The number of nitrogens with zero attached hydrogens (tertiary/aromatic N) is 2. The number of allylic oxidation sites excluding steroid dienone is 1. The van der Waals surface area contributed by atoms with Crippen molar-refractivity contribution in [2.75, 3.05) is 32.8 Å². The molecule has 3 fully saturated rings. The van der Waals surface area contributed by atoms with Gasteiger partial charge in [0, 0.05) is 31.1 Å². The van der Waals surface area contributed by atoms with E-state index in [9.17, 15) is 19.5 Å². The van der Waals surface area contributed by atoms with Crippen molar-refractivity contribution in [3.05, 3.63) is 25.3 Å². The van der Waals surface area contributed by atoms with Crippen LogP contribution >= 0.6 is 15.9 Å². The number of fused-ring (bicyclic) bond motifs is 1. The topological polar surface area (TPSA) is 96.4 Å². The highest BCUT2D eigenvalue weighted by Crippen LogP contribution is 2.60. The fourth-order valence-electron chi connectivity index (χ4n) is 5.98. The number of hydrogen-bond donors (Lipinski definition) is 1. The molecule has 6 atom stereocenters. The first kappa shape index (κ1) is 28.9. The van der Waals surface area contributed by atoms with Gasteiger partial charge in [-0.1, -0.05) is 47.8 Å². The molecule has 8 nitrogen and oxygen atoms in total. The summed E-state index contributed by atoms with van der Waals surface area (Å²) in [6.07, 6.45) is 8.80. The number of rotatable bonds is 16. The van der Waals surface area contributed by atoms with Gasteiger partial charge >= 0.3 is 5.97 Å². The Kier molecular flexibility index (Phi) is 10.6. The van der Waals surface area contributed by atoms with E-state index in [1.165, 1.54) is 0 Å². The molecule has 0 radical (unpaired) electrons. The minimum absolute atomic E-state index is 0.0104. The first-order valence-corrected chi connectivity index (χ1v) is 14.2. The maximum absolute atomic E-state index is 14.1. The molecule has 2 amide bonds. The maximum Gasteiger partial charge on any atom is 0.312 e. The number of halogens is 1. The molecule has 0 aliphatic carbocycles. The summed E-state index contributed by atoms with van der Waals surface area (Å²) in [7, 11) is 0. The van der Waals surface area contributed by atoms with Crippen LogP contribution in [0.1, 0.15) is 58.3 Å². The fourth-order valence-corrected chi connectivity index (χ4v) is 6.92. The average molecular weight is 570 g/mol. The second-order valence-electron chi connectivity index (χ2n) is 10.0. The van der Waals surface area contributed by atoms with E-state index in [0.717, 1.165) is 25.7 Å². The highest BCUT2D eigenvalue weighted by Gasteiger charge is 2.77. The molecule has 0 aromatic rings. The smallest absolute Gasteiger partial charge is 0.312 e. The van der Waals surface area contributed by atoms with Crippen LogP contribution in [0, 0.1) is 11.8 Å². The lowest BCUT2D eigenvalue weighted by Gasteiger charge is -2.37. The summed E-state index contributed by atoms with van der Waals surface area (Å²) in [4.78, 5) is 44.4. The zero-order valence-corrected chi connectivity index (χ0v) is 23.0. The van der Waals surface area contributed by atoms with Crippen molar-refractivity contribution >= 4 is 33.7 Å². The van der Waals surface area contributed by atoms with Crippen molar-refractivity contribution in [2.24, 2.45) is 11.8 Å². The van der Waals surface area contributed by atoms with Crippen molar-refractivity contribution in [1.29, 1.82) is 0 Å². The third kappa shape index (κ3) is 5.58. The van der Waals surface area contributed by atoms with Gasteiger partial charge in [-0.2, -0.15) is 0 Å². The van der Waals surface area contributed by atoms with E-state index in [1.807, 2.05) is 0 Å². The molecule has 36 heavy (non-hydrogen) atoms. The van der Waals surface area contributed by atoms with Crippen LogP contribution in [0.5, 0.6) is 0 Å². The summed E-state index contributed by atoms with van der Waals surface area (Å²) >= 11 is 3.68. The van der Waals surface area contributed by atoms with Crippen LogP contribution < -0.4 is 0 Å². The number of aliphatic hydroxyl groups excluding tert-OH is 1. The van der Waals surface area contributed by atoms with Crippen LogP contribution in [-0.2, 0) is 23.9 Å². The molecular weight excluding hydrogens is 528 g/mol. The summed E-state index contributed by atoms with van der Waals surface area (Å²) < 4.78 is 12.1. The predicted octanol–water partition coefficient (Wildman–Crippen LogP) is 3.22. The Morgan fingerprint density at radius 3 is 2.69 bits per heavy atom. The van der Waals surface area contributed by atoms with Gasteiger partial charge in [-0.25, -0.2) is 0 Å². The zero-order chi connectivity index (χ0) is 26.3. The molecule has 0 aromatic carbocycles. The third-order valence-corrected chi connectivity index (χ3v) is 8.44. The molecule has 3 saturated heterocycles. The molecule has 0 saturated carbocycles. The van der Waals surface area contributed by atoms with E-state index < -0.39 is 35.6 Å². The lowest BCUT2D eigenvalue weighted by Crippen LogP contribution is -2.57. The van der Waals surface area contributed by atoms with Gasteiger partial charge < -0.3 is 24.4 Å². The number of unbranched alkanes of at least 4 members (excludes halogenated alkanes) is 4. The number of esters is 1. The molecule has 3 rings (SSSR count). The molecule has 1 N–H and O–H groups in total. The molecule has 3 aliphatic heterocycles. The van der Waals surface area contributed by atoms with Crippen LogP contribution in [0.4, 0.5) is 0 Å². The Labute approximate surface area is 223 Å². The van der Waals surface area contributed by atoms with E-state index in [1.54, 1.807) is 22.0 Å². The Morgan fingerprint density at radius 2 is 2.03 bits per heavy atom. The van der Waals surface area contributed by atoms with E-state index in [0.29, 0.717) is 45.3 Å². The van der Waals surface area contributed by atoms with Gasteiger partial charge in [0.15, 0.2) is 0 Å². The van der Waals surface area contributed by atoms with Crippen molar-refractivity contribution < 1.29 is 29.0 Å². The number of alkyl halides is 1. The van der Waals surface area contributed by atoms with Gasteiger partial charge in [0.2, 0.25) is 11.8 Å². The van der Waals surface area contributed by atoms with E-state index in [2.05, 4.69) is 36.0 Å². The van der Waals surface area contributed by atoms with Crippen LogP contribution in [0.2, 0.25) is 0 Å². The second kappa shape index (κ2) is 13.2. The third-order valence-electron chi connectivity index (χ3n) is 7.59. The van der Waals surface area contributed by atoms with Gasteiger partial charge in [-0.3, -0.25) is 14.4 Å². The molecule has 0 aromatic heterocycles. The Balaban J connectivity index is 1.92. The number of likely N-dealkylation sites (tertiary alicyclic amines) is 1. The quantitative estimate of drug-likeness (QED) is 0.133. The summed E-state index contributed by atoms with van der Waals surface area (Å²) in [6.45, 7) is 11.2. The Hall–Kier alpha value is -1.71. The van der Waals surface area contributed by atoms with Gasteiger partial charge in [0.05, 0.1) is 24.5 Å². The van der Waals surface area contributed by atoms with Crippen molar-refractivity contribution in [3.63, 3.8) is 0 Å². The summed E-state index contributed by atoms with van der Waals surface area (Å²) in [5.41, 5.74) is -1.08. The van der Waals surface area contributed by atoms with Crippen LogP contribution in [0.25, 0.3) is 0 Å². The van der Waals surface area contributed by atoms with E-state index in [-0.39, 0.29) is 29.9 Å². The predicted molar refractivity (Wildman–Crippen MR) is 140 cm³/mol. The van der Waals surface area contributed by atoms with Gasteiger partial charge in [-0.15, -0.1) is 13.2 Å². The second-order valence-corrected chi connectivity index (χ2v) is 11.2. The molecule has 3 aliphatic rings. The number of aliphatic hydroxyl groups is 1. The van der Waals surface area contributed by atoms with Crippen molar-refractivity contribution in [1.82, 2.24) is 9.80 Å². The van der Waals surface area contributed by atoms with Crippen LogP contribution in [0.3, 0.4) is 0 Å². The number of carbonyl (C=O) groups is 3. The lowest BCUT2D eigenvalue weighted by atomic mass is 9.70. The van der Waals surface area contributed by atoms with E-state index in [4.69, 9.17) is 9.47 Å². The number of ether oxygens (including phenoxy) is 2. The van der Waals surface area contributed by atoms with Gasteiger partial charge in [0.25, 0.3) is 0 Å². The monoisotopic (exact) mass is 568 g/mol. The minimum atomic E-state index is -1.08. The first-order valence-electron chi connectivity index (χ1n) is 13.3. The SMILES string of the molecule is C=CCCCOC(=O)[C@H]1[C@@H]2OC3(CC2Br)C(C(=O)N(CC=C)CCCCC)N(CCCCO)C(=O)[C@H]13. The highest BCUT2D eigenvalue weighted by molar-refractivity contribution is 9.09. The summed E-state index contributed by atoms with van der Waals surface area (Å²) in [6, 6.07) is -0.820. The average Bonchev–Trinajstić information content (AvgIpc) is 3.44. The molecule has 3 unspecified atom stereocenters. The van der Waals surface area contributed by atoms with Gasteiger partial charge in [0.1, 0.15) is 11.6 Å². The molecule has 3 heterocycles. The zero-order valence-electron chi connectivity index (χ0n) is 21.4. The fraction of sp³-hybridized carbons (Fsp3) is 0.741. The first-order chi connectivity index (χ1) is 17.4. The number of amides is 2. The molecule has 9 heteroatoms. The van der Waals surface area contributed by atoms with Crippen molar-refractivity contribution in [3.8, 4) is 0 Å².